The van der Waals surface area contributed by atoms with Crippen molar-refractivity contribution in [3.63, 3.8) is 0 Å². The number of amides is 2. The third kappa shape index (κ3) is 10.3. The van der Waals surface area contributed by atoms with Crippen molar-refractivity contribution in [3.8, 4) is 0 Å². The highest BCUT2D eigenvalue weighted by molar-refractivity contribution is 7.88. The lowest BCUT2D eigenvalue weighted by Crippen LogP contribution is -2.50. The Labute approximate surface area is 198 Å². The van der Waals surface area contributed by atoms with Crippen molar-refractivity contribution in [2.45, 2.75) is 18.3 Å². The number of rotatable bonds is 11. The van der Waals surface area contributed by atoms with E-state index in [-0.39, 0.29) is 37.2 Å². The molecule has 11 nitrogen and oxygen atoms in total. The number of nitrogens with zero attached hydrogens (tertiary/aromatic N) is 1. The van der Waals surface area contributed by atoms with E-state index in [1.165, 1.54) is 0 Å². The van der Waals surface area contributed by atoms with Crippen LogP contribution in [0.2, 0.25) is 0 Å². The van der Waals surface area contributed by atoms with Crippen molar-refractivity contribution < 1.29 is 23.1 Å². The van der Waals surface area contributed by atoms with Gasteiger partial charge >= 0.3 is 0 Å². The molecule has 13 heteroatoms. The normalized spacial score (nSPS) is 11.5. The van der Waals surface area contributed by atoms with Gasteiger partial charge in [-0.25, -0.2) is 18.1 Å². The molecular weight excluding hydrogens is 472 g/mol. The number of nitrogens with two attached hydrogens (primary N) is 2. The number of aliphatic hydroxyl groups is 1. The molecule has 1 unspecified atom stereocenters. The van der Waals surface area contributed by atoms with Gasteiger partial charge in [-0.1, -0.05) is 42.5 Å². The van der Waals surface area contributed by atoms with Crippen LogP contribution in [0.3, 0.4) is 0 Å². The Bertz CT molecular complexity index is 1040. The van der Waals surface area contributed by atoms with E-state index in [0.717, 1.165) is 5.56 Å². The molecule has 2 aromatic rings. The molecule has 0 saturated heterocycles. The summed E-state index contributed by atoms with van der Waals surface area (Å²) in [6, 6.07) is 13.8. The number of sulfonamides is 1. The zero-order valence-electron chi connectivity index (χ0n) is 17.6. The van der Waals surface area contributed by atoms with Gasteiger partial charge in [-0.05, 0) is 23.3 Å². The summed E-state index contributed by atoms with van der Waals surface area (Å²) in [4.78, 5) is 28.1. The van der Waals surface area contributed by atoms with Crippen LogP contribution in [-0.4, -0.2) is 50.5 Å². The first-order valence-corrected chi connectivity index (χ1v) is 11.2. The fourth-order valence-corrected chi connectivity index (χ4v) is 3.95. The number of benzene rings is 2. The fourth-order valence-electron chi connectivity index (χ4n) is 2.62. The average molecular weight is 499 g/mol. The summed E-state index contributed by atoms with van der Waals surface area (Å²) in [6.45, 7) is -0.949. The maximum Gasteiger partial charge on any atom is 0.240 e. The van der Waals surface area contributed by atoms with Gasteiger partial charge in [-0.2, -0.15) is 0 Å². The minimum absolute atomic E-state index is 0. The molecule has 2 aromatic carbocycles. The van der Waals surface area contributed by atoms with Gasteiger partial charge in [-0.3, -0.25) is 9.59 Å². The second kappa shape index (κ2) is 13.4. The van der Waals surface area contributed by atoms with Crippen molar-refractivity contribution in [2.24, 2.45) is 16.5 Å². The van der Waals surface area contributed by atoms with Gasteiger partial charge in [0.05, 0.1) is 24.6 Å². The molecular formula is C20H27ClN6O5S. The van der Waals surface area contributed by atoms with Crippen LogP contribution in [0.5, 0.6) is 0 Å². The zero-order valence-corrected chi connectivity index (χ0v) is 19.2. The highest BCUT2D eigenvalue weighted by Gasteiger charge is 2.24. The maximum absolute atomic E-state index is 12.3. The fraction of sp³-hybridized carbons (Fsp3) is 0.250. The standard InChI is InChI=1S/C20H26N6O5S.ClH/c21-20(22)25-16-8-6-14(7-9-16)10-23-18(28)11-24-19(29)17(12-27)26-32(30,31)13-15-4-2-1-3-5-15;/h1-9,17,26-27H,10-13H2,(H,23,28)(H,24,29)(H4,21,22,25);1H. The van der Waals surface area contributed by atoms with Gasteiger partial charge in [0.25, 0.3) is 0 Å². The SMILES string of the molecule is Cl.NC(N)=Nc1ccc(CNC(=O)CNC(=O)C(CO)NS(=O)(=O)Cc2ccccc2)cc1. The lowest BCUT2D eigenvalue weighted by molar-refractivity contribution is -0.127. The minimum Gasteiger partial charge on any atom is -0.394 e. The summed E-state index contributed by atoms with van der Waals surface area (Å²) in [7, 11) is -3.88. The molecule has 0 aliphatic heterocycles. The second-order valence-electron chi connectivity index (χ2n) is 6.80. The maximum atomic E-state index is 12.3. The van der Waals surface area contributed by atoms with Gasteiger partial charge in [0.15, 0.2) is 5.96 Å². The van der Waals surface area contributed by atoms with E-state index in [9.17, 15) is 23.1 Å². The molecule has 0 aliphatic rings. The van der Waals surface area contributed by atoms with E-state index >= 15 is 0 Å². The number of nitrogens with one attached hydrogen (secondary N) is 3. The molecule has 1 atom stereocenters. The summed E-state index contributed by atoms with van der Waals surface area (Å²) in [5.74, 6) is -1.72. The third-order valence-electron chi connectivity index (χ3n) is 4.13. The molecule has 0 bridgehead atoms. The molecule has 180 valence electrons. The van der Waals surface area contributed by atoms with E-state index in [2.05, 4.69) is 20.3 Å². The quantitative estimate of drug-likeness (QED) is 0.173. The topological polar surface area (TPSA) is 189 Å². The summed E-state index contributed by atoms with van der Waals surface area (Å²) in [5, 5.41) is 14.3. The third-order valence-corrected chi connectivity index (χ3v) is 5.48. The lowest BCUT2D eigenvalue weighted by atomic mass is 10.2. The average Bonchev–Trinajstić information content (AvgIpc) is 2.75. The molecule has 2 amide bonds. The predicted molar refractivity (Wildman–Crippen MR) is 127 cm³/mol. The van der Waals surface area contributed by atoms with E-state index in [4.69, 9.17) is 11.5 Å². The first kappa shape index (κ1) is 27.8. The largest absolute Gasteiger partial charge is 0.394 e. The van der Waals surface area contributed by atoms with Crippen molar-refractivity contribution in [1.82, 2.24) is 15.4 Å². The van der Waals surface area contributed by atoms with Crippen LogP contribution in [0.15, 0.2) is 59.6 Å². The highest BCUT2D eigenvalue weighted by Crippen LogP contribution is 2.12. The number of carbonyl (C=O) groups is 2. The van der Waals surface area contributed by atoms with E-state index < -0.39 is 34.5 Å². The Morgan fingerprint density at radius 1 is 0.970 bits per heavy atom. The van der Waals surface area contributed by atoms with Gasteiger partial charge in [0, 0.05) is 6.54 Å². The summed E-state index contributed by atoms with van der Waals surface area (Å²) < 4.78 is 26.6. The monoisotopic (exact) mass is 498 g/mol. The molecule has 2 rings (SSSR count). The lowest BCUT2D eigenvalue weighted by Gasteiger charge is -2.16. The van der Waals surface area contributed by atoms with Crippen LogP contribution in [0.1, 0.15) is 11.1 Å². The van der Waals surface area contributed by atoms with Crippen molar-refractivity contribution in [2.75, 3.05) is 13.2 Å². The first-order chi connectivity index (χ1) is 15.2. The van der Waals surface area contributed by atoms with Crippen molar-refractivity contribution in [3.05, 3.63) is 65.7 Å². The molecule has 8 N–H and O–H groups in total. The Morgan fingerprint density at radius 3 is 2.18 bits per heavy atom. The van der Waals surface area contributed by atoms with E-state index in [0.29, 0.717) is 11.3 Å². The highest BCUT2D eigenvalue weighted by atomic mass is 35.5. The molecule has 0 aliphatic carbocycles. The van der Waals surface area contributed by atoms with Crippen LogP contribution in [0.25, 0.3) is 0 Å². The number of guanidine groups is 1. The smallest absolute Gasteiger partial charge is 0.240 e. The van der Waals surface area contributed by atoms with Crippen LogP contribution in [-0.2, 0) is 31.9 Å². The molecule has 0 spiro atoms. The Kier molecular flexibility index (Phi) is 11.3. The molecule has 0 saturated carbocycles. The van der Waals surface area contributed by atoms with Gasteiger partial charge < -0.3 is 27.2 Å². The number of hydrogen-bond acceptors (Lipinski definition) is 6. The Hall–Kier alpha value is -3.19. The van der Waals surface area contributed by atoms with Crippen molar-refractivity contribution in [1.29, 1.82) is 0 Å². The Morgan fingerprint density at radius 2 is 1.61 bits per heavy atom. The van der Waals surface area contributed by atoms with Crippen LogP contribution in [0.4, 0.5) is 5.69 Å². The van der Waals surface area contributed by atoms with E-state index in [1.54, 1.807) is 54.6 Å². The number of carbonyl (C=O) groups excluding carboxylic acids is 2. The number of hydrogen-bond donors (Lipinski definition) is 6. The van der Waals surface area contributed by atoms with Crippen LogP contribution >= 0.6 is 12.4 Å². The van der Waals surface area contributed by atoms with Crippen LogP contribution < -0.4 is 26.8 Å². The predicted octanol–water partition coefficient (Wildman–Crippen LogP) is -0.774. The molecule has 0 aromatic heterocycles. The number of aliphatic hydroxyl groups excluding tert-OH is 1. The molecule has 0 fully saturated rings. The van der Waals surface area contributed by atoms with E-state index in [1.807, 2.05) is 0 Å². The second-order valence-corrected chi connectivity index (χ2v) is 8.55. The van der Waals surface area contributed by atoms with Crippen LogP contribution in [0, 0.1) is 0 Å². The molecule has 33 heavy (non-hydrogen) atoms. The zero-order chi connectivity index (χ0) is 23.6. The molecule has 0 radical (unpaired) electrons. The van der Waals surface area contributed by atoms with Gasteiger partial charge in [0.2, 0.25) is 21.8 Å². The van der Waals surface area contributed by atoms with Crippen molar-refractivity contribution >= 4 is 45.9 Å². The Balaban J connectivity index is 0.00000544. The molecule has 0 heterocycles. The summed E-state index contributed by atoms with van der Waals surface area (Å²) >= 11 is 0. The number of aliphatic imine (C=N–C) groups is 1. The summed E-state index contributed by atoms with van der Waals surface area (Å²) in [5.41, 5.74) is 12.5. The van der Waals surface area contributed by atoms with Gasteiger partial charge in [-0.15, -0.1) is 12.4 Å². The first-order valence-electron chi connectivity index (χ1n) is 9.56. The summed E-state index contributed by atoms with van der Waals surface area (Å²) in [6.07, 6.45) is 0. The number of halogens is 1. The minimum atomic E-state index is -3.88. The van der Waals surface area contributed by atoms with Gasteiger partial charge in [0.1, 0.15) is 6.04 Å².